The Kier molecular flexibility index (Phi) is 6.66. The lowest BCUT2D eigenvalue weighted by Gasteiger charge is -2.24. The molecule has 108 valence electrons. The third-order valence-corrected chi connectivity index (χ3v) is 3.95. The fourth-order valence-electron chi connectivity index (χ4n) is 1.72. The van der Waals surface area contributed by atoms with E-state index in [-0.39, 0.29) is 4.75 Å². The molecular weight excluding hydrogens is 256 g/mol. The Morgan fingerprint density at radius 3 is 2.63 bits per heavy atom. The fourth-order valence-corrected chi connectivity index (χ4v) is 2.70. The van der Waals surface area contributed by atoms with E-state index < -0.39 is 0 Å². The topological polar surface area (TPSA) is 34.2 Å². The predicted octanol–water partition coefficient (Wildman–Crippen LogP) is 3.66. The third-order valence-electron chi connectivity index (χ3n) is 2.58. The molecule has 1 aromatic heterocycles. The zero-order valence-corrected chi connectivity index (χ0v) is 13.5. The van der Waals surface area contributed by atoms with Gasteiger partial charge in [0, 0.05) is 22.7 Å². The van der Waals surface area contributed by atoms with Crippen LogP contribution in [-0.4, -0.2) is 28.6 Å². The van der Waals surface area contributed by atoms with Gasteiger partial charge in [-0.1, -0.05) is 27.7 Å². The second kappa shape index (κ2) is 7.75. The minimum Gasteiger partial charge on any atom is -0.492 e. The highest BCUT2D eigenvalue weighted by atomic mass is 32.2. The molecule has 19 heavy (non-hydrogen) atoms. The van der Waals surface area contributed by atoms with Crippen molar-refractivity contribution in [3.8, 4) is 5.75 Å². The standard InChI is InChI=1S/C15H26N2OS/c1-6-17-14(11-19-15(3,4)5)12-8-13(18-7-2)10-16-9-12/h8-10,14,17H,6-7,11H2,1-5H3. The molecule has 0 bridgehead atoms. The third kappa shape index (κ3) is 6.30. The first-order valence-corrected chi connectivity index (χ1v) is 7.90. The van der Waals surface area contributed by atoms with E-state index in [2.05, 4.69) is 44.1 Å². The zero-order chi connectivity index (χ0) is 14.3. The van der Waals surface area contributed by atoms with E-state index in [9.17, 15) is 0 Å². The average Bonchev–Trinajstić information content (AvgIpc) is 2.34. The van der Waals surface area contributed by atoms with Crippen molar-refractivity contribution in [1.82, 2.24) is 10.3 Å². The molecule has 0 aliphatic rings. The lowest BCUT2D eigenvalue weighted by Crippen LogP contribution is -2.25. The Bertz CT molecular complexity index is 377. The number of hydrogen-bond donors (Lipinski definition) is 1. The summed E-state index contributed by atoms with van der Waals surface area (Å²) >= 11 is 1.96. The maximum atomic E-state index is 5.52. The van der Waals surface area contributed by atoms with Crippen LogP contribution in [0.2, 0.25) is 0 Å². The van der Waals surface area contributed by atoms with Crippen molar-refractivity contribution in [3.63, 3.8) is 0 Å². The van der Waals surface area contributed by atoms with Crippen molar-refractivity contribution in [2.45, 2.75) is 45.4 Å². The van der Waals surface area contributed by atoms with Gasteiger partial charge in [-0.25, -0.2) is 0 Å². The number of aromatic nitrogens is 1. The molecule has 0 saturated carbocycles. The summed E-state index contributed by atoms with van der Waals surface area (Å²) in [6.45, 7) is 12.5. The van der Waals surface area contributed by atoms with Crippen LogP contribution in [0, 0.1) is 0 Å². The van der Waals surface area contributed by atoms with Crippen LogP contribution in [0.5, 0.6) is 5.75 Å². The quantitative estimate of drug-likeness (QED) is 0.827. The van der Waals surface area contributed by atoms with Crippen LogP contribution in [0.15, 0.2) is 18.5 Å². The van der Waals surface area contributed by atoms with E-state index >= 15 is 0 Å². The van der Waals surface area contributed by atoms with Gasteiger partial charge in [-0.3, -0.25) is 4.98 Å². The Labute approximate surface area is 121 Å². The second-order valence-electron chi connectivity index (χ2n) is 5.42. The molecule has 0 saturated heterocycles. The number of ether oxygens (including phenoxy) is 1. The van der Waals surface area contributed by atoms with E-state index in [1.54, 1.807) is 6.20 Å². The van der Waals surface area contributed by atoms with E-state index in [4.69, 9.17) is 4.74 Å². The number of hydrogen-bond acceptors (Lipinski definition) is 4. The van der Waals surface area contributed by atoms with Gasteiger partial charge in [-0.05, 0) is 25.1 Å². The molecule has 0 aliphatic heterocycles. The van der Waals surface area contributed by atoms with Crippen LogP contribution in [0.25, 0.3) is 0 Å². The Morgan fingerprint density at radius 1 is 1.32 bits per heavy atom. The molecule has 1 unspecified atom stereocenters. The van der Waals surface area contributed by atoms with Gasteiger partial charge < -0.3 is 10.1 Å². The summed E-state index contributed by atoms with van der Waals surface area (Å²) in [6.07, 6.45) is 3.70. The van der Waals surface area contributed by atoms with Gasteiger partial charge in [0.15, 0.2) is 0 Å². The molecule has 1 aromatic rings. The molecule has 0 fully saturated rings. The summed E-state index contributed by atoms with van der Waals surface area (Å²) in [4.78, 5) is 4.28. The monoisotopic (exact) mass is 282 g/mol. The van der Waals surface area contributed by atoms with Crippen molar-refractivity contribution in [2.75, 3.05) is 18.9 Å². The lowest BCUT2D eigenvalue weighted by atomic mass is 10.1. The number of nitrogens with zero attached hydrogens (tertiary/aromatic N) is 1. The highest BCUT2D eigenvalue weighted by molar-refractivity contribution is 8.00. The lowest BCUT2D eigenvalue weighted by molar-refractivity contribution is 0.338. The Hall–Kier alpha value is -0.740. The highest BCUT2D eigenvalue weighted by Gasteiger charge is 2.17. The summed E-state index contributed by atoms with van der Waals surface area (Å²) in [5.74, 6) is 1.89. The Balaban J connectivity index is 2.76. The van der Waals surface area contributed by atoms with Crippen molar-refractivity contribution in [1.29, 1.82) is 0 Å². The molecule has 0 aliphatic carbocycles. The summed E-state index contributed by atoms with van der Waals surface area (Å²) in [6, 6.07) is 2.41. The van der Waals surface area contributed by atoms with Gasteiger partial charge >= 0.3 is 0 Å². The van der Waals surface area contributed by atoms with E-state index in [1.807, 2.05) is 24.9 Å². The number of pyridine rings is 1. The number of rotatable bonds is 7. The van der Waals surface area contributed by atoms with E-state index in [0.717, 1.165) is 18.0 Å². The van der Waals surface area contributed by atoms with Crippen LogP contribution < -0.4 is 10.1 Å². The summed E-state index contributed by atoms with van der Waals surface area (Å²) < 4.78 is 5.80. The molecule has 0 aromatic carbocycles. The molecule has 1 rings (SSSR count). The minimum atomic E-state index is 0.276. The van der Waals surface area contributed by atoms with Crippen molar-refractivity contribution in [3.05, 3.63) is 24.0 Å². The largest absolute Gasteiger partial charge is 0.492 e. The van der Waals surface area contributed by atoms with Crippen LogP contribution >= 0.6 is 11.8 Å². The van der Waals surface area contributed by atoms with Crippen LogP contribution in [0.1, 0.15) is 46.2 Å². The van der Waals surface area contributed by atoms with Gasteiger partial charge in [-0.15, -0.1) is 0 Å². The highest BCUT2D eigenvalue weighted by Crippen LogP contribution is 2.29. The maximum Gasteiger partial charge on any atom is 0.137 e. The van der Waals surface area contributed by atoms with Crippen LogP contribution in [0.4, 0.5) is 0 Å². The molecular formula is C15H26N2OS. The first-order chi connectivity index (χ1) is 8.96. The van der Waals surface area contributed by atoms with Gasteiger partial charge in [0.25, 0.3) is 0 Å². The second-order valence-corrected chi connectivity index (χ2v) is 7.27. The fraction of sp³-hybridized carbons (Fsp3) is 0.667. The smallest absolute Gasteiger partial charge is 0.137 e. The summed E-state index contributed by atoms with van der Waals surface area (Å²) in [5.41, 5.74) is 1.20. The normalized spacial score (nSPS) is 13.3. The van der Waals surface area contributed by atoms with E-state index in [0.29, 0.717) is 12.6 Å². The minimum absolute atomic E-state index is 0.276. The van der Waals surface area contributed by atoms with Crippen LogP contribution in [-0.2, 0) is 0 Å². The van der Waals surface area contributed by atoms with Crippen LogP contribution in [0.3, 0.4) is 0 Å². The van der Waals surface area contributed by atoms with Gasteiger partial charge in [0.2, 0.25) is 0 Å². The van der Waals surface area contributed by atoms with Crippen molar-refractivity contribution >= 4 is 11.8 Å². The van der Waals surface area contributed by atoms with Crippen molar-refractivity contribution in [2.24, 2.45) is 0 Å². The molecule has 1 heterocycles. The number of thioether (sulfide) groups is 1. The van der Waals surface area contributed by atoms with Gasteiger partial charge in [0.1, 0.15) is 5.75 Å². The molecule has 0 radical (unpaired) electrons. The maximum absolute atomic E-state index is 5.52. The first kappa shape index (κ1) is 16.3. The first-order valence-electron chi connectivity index (χ1n) is 6.91. The summed E-state index contributed by atoms with van der Waals surface area (Å²) in [7, 11) is 0. The SMILES string of the molecule is CCNC(CSC(C)(C)C)c1cncc(OCC)c1. The zero-order valence-electron chi connectivity index (χ0n) is 12.7. The van der Waals surface area contributed by atoms with Gasteiger partial charge in [0.05, 0.1) is 12.8 Å². The molecule has 1 N–H and O–H groups in total. The molecule has 1 atom stereocenters. The Morgan fingerprint density at radius 2 is 2.05 bits per heavy atom. The molecule has 3 nitrogen and oxygen atoms in total. The number of nitrogens with one attached hydrogen (secondary N) is 1. The molecule has 4 heteroatoms. The van der Waals surface area contributed by atoms with E-state index in [1.165, 1.54) is 5.56 Å². The predicted molar refractivity (Wildman–Crippen MR) is 84.0 cm³/mol. The summed E-state index contributed by atoms with van der Waals surface area (Å²) in [5, 5.41) is 3.52. The molecule has 0 spiro atoms. The van der Waals surface area contributed by atoms with Crippen molar-refractivity contribution < 1.29 is 4.74 Å². The average molecular weight is 282 g/mol. The van der Waals surface area contributed by atoms with Gasteiger partial charge in [-0.2, -0.15) is 11.8 Å². The molecule has 0 amide bonds.